The third-order valence-corrected chi connectivity index (χ3v) is 2.02. The highest BCUT2D eigenvalue weighted by atomic mass is 16.5. The van der Waals surface area contributed by atoms with Gasteiger partial charge in [-0.05, 0) is 19.9 Å². The first-order valence-corrected chi connectivity index (χ1v) is 4.84. The van der Waals surface area contributed by atoms with Crippen molar-refractivity contribution in [3.63, 3.8) is 0 Å². The molecule has 0 aliphatic rings. The van der Waals surface area contributed by atoms with Gasteiger partial charge in [-0.1, -0.05) is 0 Å². The third-order valence-electron chi connectivity index (χ3n) is 2.02. The summed E-state index contributed by atoms with van der Waals surface area (Å²) >= 11 is 0. The van der Waals surface area contributed by atoms with Crippen LogP contribution in [0, 0.1) is 0 Å². The largest absolute Gasteiger partial charge is 0.495 e. The van der Waals surface area contributed by atoms with Gasteiger partial charge in [-0.2, -0.15) is 0 Å². The van der Waals surface area contributed by atoms with Crippen molar-refractivity contribution in [1.29, 1.82) is 0 Å². The molecule has 4 nitrogen and oxygen atoms in total. The molecule has 1 rings (SSSR count). The zero-order valence-corrected chi connectivity index (χ0v) is 9.19. The zero-order valence-electron chi connectivity index (χ0n) is 9.19. The smallest absolute Gasteiger partial charge is 0.192 e. The van der Waals surface area contributed by atoms with Crippen molar-refractivity contribution >= 4 is 5.78 Å². The summed E-state index contributed by atoms with van der Waals surface area (Å²) in [5.41, 5.74) is 0.510. The maximum atomic E-state index is 11.8. The fraction of sp³-hybridized carbons (Fsp3) is 0.455. The molecule has 0 saturated heterocycles. The van der Waals surface area contributed by atoms with E-state index in [2.05, 4.69) is 4.98 Å². The molecule has 0 bridgehead atoms. The van der Waals surface area contributed by atoms with Gasteiger partial charge in [0, 0.05) is 18.4 Å². The van der Waals surface area contributed by atoms with Crippen LogP contribution in [0.1, 0.15) is 24.2 Å². The Balaban J connectivity index is 2.81. The molecule has 1 aromatic rings. The molecule has 0 amide bonds. The minimum absolute atomic E-state index is 0.0803. The first kappa shape index (κ1) is 11.7. The molecule has 1 heterocycles. The van der Waals surface area contributed by atoms with Crippen LogP contribution in [0.2, 0.25) is 0 Å². The molecule has 0 radical (unpaired) electrons. The van der Waals surface area contributed by atoms with Crippen LogP contribution in [-0.4, -0.2) is 30.6 Å². The van der Waals surface area contributed by atoms with E-state index < -0.39 is 6.10 Å². The van der Waals surface area contributed by atoms with Crippen molar-refractivity contribution in [2.75, 3.05) is 13.7 Å². The Morgan fingerprint density at radius 2 is 2.27 bits per heavy atom. The quantitative estimate of drug-likeness (QED) is 0.692. The van der Waals surface area contributed by atoms with E-state index in [4.69, 9.17) is 9.47 Å². The van der Waals surface area contributed by atoms with Gasteiger partial charge in [0.05, 0.1) is 13.3 Å². The molecule has 15 heavy (non-hydrogen) atoms. The summed E-state index contributed by atoms with van der Waals surface area (Å²) in [4.78, 5) is 15.7. The Bertz CT molecular complexity index is 338. The fourth-order valence-corrected chi connectivity index (χ4v) is 1.23. The number of rotatable bonds is 5. The van der Waals surface area contributed by atoms with E-state index in [0.717, 1.165) is 0 Å². The summed E-state index contributed by atoms with van der Waals surface area (Å²) < 4.78 is 10.2. The molecule has 0 aliphatic carbocycles. The molecule has 0 N–H and O–H groups in total. The molecule has 1 atom stereocenters. The van der Waals surface area contributed by atoms with Crippen molar-refractivity contribution in [3.8, 4) is 5.75 Å². The highest BCUT2D eigenvalue weighted by molar-refractivity contribution is 5.99. The highest BCUT2D eigenvalue weighted by Gasteiger charge is 2.15. The van der Waals surface area contributed by atoms with Gasteiger partial charge in [0.2, 0.25) is 0 Å². The number of methoxy groups -OCH3 is 1. The Labute approximate surface area is 89.2 Å². The van der Waals surface area contributed by atoms with Crippen LogP contribution in [0.5, 0.6) is 5.75 Å². The number of carbonyl (C=O) groups excluding carboxylic acids is 1. The number of aromatic nitrogens is 1. The lowest BCUT2D eigenvalue weighted by molar-refractivity contribution is 0.0520. The van der Waals surface area contributed by atoms with Crippen molar-refractivity contribution in [3.05, 3.63) is 24.0 Å². The van der Waals surface area contributed by atoms with E-state index in [1.54, 1.807) is 19.2 Å². The molecule has 4 heteroatoms. The molecular formula is C11H15NO3. The average molecular weight is 209 g/mol. The summed E-state index contributed by atoms with van der Waals surface area (Å²) in [7, 11) is 1.54. The molecule has 0 spiro atoms. The van der Waals surface area contributed by atoms with Crippen LogP contribution in [0.4, 0.5) is 0 Å². The van der Waals surface area contributed by atoms with E-state index in [1.165, 1.54) is 13.3 Å². The topological polar surface area (TPSA) is 48.4 Å². The zero-order chi connectivity index (χ0) is 11.3. The number of ketones is 1. The van der Waals surface area contributed by atoms with Crippen LogP contribution < -0.4 is 4.74 Å². The van der Waals surface area contributed by atoms with E-state index in [0.29, 0.717) is 17.9 Å². The minimum Gasteiger partial charge on any atom is -0.495 e. The third kappa shape index (κ3) is 3.02. The van der Waals surface area contributed by atoms with E-state index >= 15 is 0 Å². The van der Waals surface area contributed by atoms with Gasteiger partial charge in [-0.3, -0.25) is 9.78 Å². The van der Waals surface area contributed by atoms with Crippen molar-refractivity contribution in [2.45, 2.75) is 20.0 Å². The lowest BCUT2D eigenvalue weighted by Crippen LogP contribution is -2.20. The predicted octanol–water partition coefficient (Wildman–Crippen LogP) is 1.70. The average Bonchev–Trinajstić information content (AvgIpc) is 2.28. The first-order valence-electron chi connectivity index (χ1n) is 4.84. The van der Waals surface area contributed by atoms with Crippen LogP contribution in [0.3, 0.4) is 0 Å². The molecule has 0 fully saturated rings. The fourth-order valence-electron chi connectivity index (χ4n) is 1.23. The van der Waals surface area contributed by atoms with Gasteiger partial charge in [-0.25, -0.2) is 0 Å². The molecule has 1 aromatic heterocycles. The van der Waals surface area contributed by atoms with Crippen LogP contribution in [0.25, 0.3) is 0 Å². The van der Waals surface area contributed by atoms with Gasteiger partial charge in [-0.15, -0.1) is 0 Å². The standard InChI is InChI=1S/C11H15NO3/c1-4-15-8(2)11(13)9-5-10(14-3)7-12-6-9/h5-8H,4H2,1-3H3. The van der Waals surface area contributed by atoms with Crippen molar-refractivity contribution < 1.29 is 14.3 Å². The number of nitrogens with zero attached hydrogens (tertiary/aromatic N) is 1. The van der Waals surface area contributed by atoms with E-state index in [-0.39, 0.29) is 5.78 Å². The van der Waals surface area contributed by atoms with Gasteiger partial charge >= 0.3 is 0 Å². The Morgan fingerprint density at radius 3 is 2.87 bits per heavy atom. The van der Waals surface area contributed by atoms with E-state index in [9.17, 15) is 4.79 Å². The highest BCUT2D eigenvalue weighted by Crippen LogP contribution is 2.12. The number of pyridine rings is 1. The number of hydrogen-bond acceptors (Lipinski definition) is 4. The summed E-state index contributed by atoms with van der Waals surface area (Å²) in [6.07, 6.45) is 2.63. The molecule has 0 aromatic carbocycles. The number of carbonyl (C=O) groups is 1. The second-order valence-corrected chi connectivity index (χ2v) is 3.08. The summed E-state index contributed by atoms with van der Waals surface area (Å²) in [6.45, 7) is 4.10. The Kier molecular flexibility index (Phi) is 4.24. The molecule has 0 aliphatic heterocycles. The summed E-state index contributed by atoms with van der Waals surface area (Å²) in [6, 6.07) is 1.66. The Morgan fingerprint density at radius 1 is 1.53 bits per heavy atom. The van der Waals surface area contributed by atoms with E-state index in [1.807, 2.05) is 6.92 Å². The van der Waals surface area contributed by atoms with Crippen LogP contribution >= 0.6 is 0 Å². The summed E-state index contributed by atoms with van der Waals surface area (Å²) in [5, 5.41) is 0. The molecule has 0 saturated carbocycles. The Hall–Kier alpha value is -1.42. The SMILES string of the molecule is CCOC(C)C(=O)c1cncc(OC)c1. The lowest BCUT2D eigenvalue weighted by atomic mass is 10.1. The van der Waals surface area contributed by atoms with Crippen molar-refractivity contribution in [1.82, 2.24) is 4.98 Å². The van der Waals surface area contributed by atoms with Gasteiger partial charge in [0.15, 0.2) is 5.78 Å². The van der Waals surface area contributed by atoms with Crippen LogP contribution in [-0.2, 0) is 4.74 Å². The van der Waals surface area contributed by atoms with Crippen LogP contribution in [0.15, 0.2) is 18.5 Å². The number of Topliss-reactive ketones (excluding diaryl/α,β-unsaturated/α-hetero) is 1. The number of hydrogen-bond donors (Lipinski definition) is 0. The van der Waals surface area contributed by atoms with Crippen molar-refractivity contribution in [2.24, 2.45) is 0 Å². The maximum absolute atomic E-state index is 11.8. The lowest BCUT2D eigenvalue weighted by Gasteiger charge is -2.10. The first-order chi connectivity index (χ1) is 7.19. The molecule has 82 valence electrons. The second kappa shape index (κ2) is 5.46. The van der Waals surface area contributed by atoms with Gasteiger partial charge in [0.1, 0.15) is 11.9 Å². The molecular weight excluding hydrogens is 194 g/mol. The predicted molar refractivity (Wildman–Crippen MR) is 56.2 cm³/mol. The number of ether oxygens (including phenoxy) is 2. The van der Waals surface area contributed by atoms with Gasteiger partial charge in [0.25, 0.3) is 0 Å². The normalized spacial score (nSPS) is 12.2. The van der Waals surface area contributed by atoms with Gasteiger partial charge < -0.3 is 9.47 Å². The molecule has 1 unspecified atom stereocenters. The maximum Gasteiger partial charge on any atom is 0.192 e. The summed E-state index contributed by atoms with van der Waals surface area (Å²) in [5.74, 6) is 0.493. The monoisotopic (exact) mass is 209 g/mol. The minimum atomic E-state index is -0.441. The second-order valence-electron chi connectivity index (χ2n) is 3.08.